The second-order valence-electron chi connectivity index (χ2n) is 3.01. The fraction of sp³-hybridized carbons (Fsp3) is 1.00. The molecule has 0 bridgehead atoms. The highest BCUT2D eigenvalue weighted by atomic mass is 19.4. The first-order valence-electron chi connectivity index (χ1n) is 3.63. The molecular formula is C6H3F11. The summed E-state index contributed by atoms with van der Waals surface area (Å²) < 4.78 is 130. The number of hydrogen-bond donors (Lipinski definition) is 0. The minimum absolute atomic E-state index is 3.75. The average molecular weight is 284 g/mol. The fourth-order valence-electron chi connectivity index (χ4n) is 0.657. The van der Waals surface area contributed by atoms with E-state index < -0.39 is 36.8 Å². The Morgan fingerprint density at radius 2 is 1.00 bits per heavy atom. The lowest BCUT2D eigenvalue weighted by Crippen LogP contribution is -2.52. The van der Waals surface area contributed by atoms with Gasteiger partial charge < -0.3 is 0 Å². The highest BCUT2D eigenvalue weighted by molar-refractivity contribution is 4.93. The Hall–Kier alpha value is -0.770. The van der Waals surface area contributed by atoms with Gasteiger partial charge in [-0.05, 0) is 0 Å². The van der Waals surface area contributed by atoms with Crippen LogP contribution in [0.3, 0.4) is 0 Å². The Morgan fingerprint density at radius 3 is 1.24 bits per heavy atom. The Bertz CT molecular complexity index is 262. The molecule has 0 aromatic rings. The quantitative estimate of drug-likeness (QED) is 0.681. The van der Waals surface area contributed by atoms with Crippen molar-refractivity contribution in [2.75, 3.05) is 0 Å². The molecule has 0 radical (unpaired) electrons. The van der Waals surface area contributed by atoms with E-state index >= 15 is 0 Å². The summed E-state index contributed by atoms with van der Waals surface area (Å²) >= 11 is 0. The molecule has 0 aliphatic carbocycles. The molecule has 0 N–H and O–H groups in total. The topological polar surface area (TPSA) is 0 Å². The standard InChI is InChI=1S/C6H3F11/c7-2(8)5(13,14)3(9,10)1-4(11,12)6(15,16)17/h2H,1H2. The van der Waals surface area contributed by atoms with Gasteiger partial charge in [0.2, 0.25) is 0 Å². The summed E-state index contributed by atoms with van der Waals surface area (Å²) in [7, 11) is 0. The molecule has 0 aromatic carbocycles. The molecule has 0 aromatic heterocycles. The van der Waals surface area contributed by atoms with E-state index in [2.05, 4.69) is 0 Å². The molecule has 0 rings (SSSR count). The van der Waals surface area contributed by atoms with Gasteiger partial charge in [-0.3, -0.25) is 0 Å². The Labute approximate surface area is 86.4 Å². The van der Waals surface area contributed by atoms with Gasteiger partial charge in [-0.2, -0.15) is 39.5 Å². The maximum Gasteiger partial charge on any atom is 0.453 e. The monoisotopic (exact) mass is 284 g/mol. The number of hydrogen-bond acceptors (Lipinski definition) is 0. The van der Waals surface area contributed by atoms with Gasteiger partial charge in [-0.1, -0.05) is 0 Å². The van der Waals surface area contributed by atoms with Crippen LogP contribution in [-0.2, 0) is 0 Å². The lowest BCUT2D eigenvalue weighted by Gasteiger charge is -2.29. The van der Waals surface area contributed by atoms with E-state index in [1.54, 1.807) is 0 Å². The average Bonchev–Trinajstić information content (AvgIpc) is 1.98. The molecule has 0 fully saturated rings. The van der Waals surface area contributed by atoms with Crippen molar-refractivity contribution in [3.05, 3.63) is 0 Å². The minimum atomic E-state index is -6.53. The maximum atomic E-state index is 12.3. The van der Waals surface area contributed by atoms with Crippen LogP contribution in [0.2, 0.25) is 0 Å². The third-order valence-corrected chi connectivity index (χ3v) is 1.62. The molecule has 0 nitrogen and oxygen atoms in total. The summed E-state index contributed by atoms with van der Waals surface area (Å²) in [6.45, 7) is 0. The van der Waals surface area contributed by atoms with E-state index in [1.165, 1.54) is 0 Å². The third-order valence-electron chi connectivity index (χ3n) is 1.62. The van der Waals surface area contributed by atoms with Crippen molar-refractivity contribution in [3.63, 3.8) is 0 Å². The van der Waals surface area contributed by atoms with Gasteiger partial charge in [0.25, 0.3) is 0 Å². The van der Waals surface area contributed by atoms with Crippen molar-refractivity contribution in [3.8, 4) is 0 Å². The van der Waals surface area contributed by atoms with E-state index in [0.29, 0.717) is 0 Å². The van der Waals surface area contributed by atoms with Crippen LogP contribution in [-0.4, -0.2) is 30.4 Å². The van der Waals surface area contributed by atoms with Crippen LogP contribution in [0.4, 0.5) is 48.3 Å². The smallest absolute Gasteiger partial charge is 0.203 e. The zero-order valence-corrected chi connectivity index (χ0v) is 7.44. The Kier molecular flexibility index (Phi) is 3.97. The van der Waals surface area contributed by atoms with Gasteiger partial charge in [0, 0.05) is 0 Å². The van der Waals surface area contributed by atoms with Crippen LogP contribution >= 0.6 is 0 Å². The SMILES string of the molecule is FC(F)C(F)(F)C(F)(F)CC(F)(F)C(F)(F)F. The first kappa shape index (κ1) is 16.2. The van der Waals surface area contributed by atoms with E-state index in [0.717, 1.165) is 0 Å². The van der Waals surface area contributed by atoms with Crippen LogP contribution in [0.25, 0.3) is 0 Å². The predicted octanol–water partition coefficient (Wildman–Crippen LogP) is 4.11. The number of rotatable bonds is 4. The predicted molar refractivity (Wildman–Crippen MR) is 31.5 cm³/mol. The molecule has 0 spiro atoms. The summed E-state index contributed by atoms with van der Waals surface area (Å²) in [6.07, 6.45) is -15.4. The highest BCUT2D eigenvalue weighted by Crippen LogP contribution is 2.49. The molecule has 0 amide bonds. The first-order chi connectivity index (χ1) is 7.15. The zero-order valence-electron chi connectivity index (χ0n) is 7.44. The van der Waals surface area contributed by atoms with Gasteiger partial charge in [0.15, 0.2) is 0 Å². The summed E-state index contributed by atoms with van der Waals surface area (Å²) in [5, 5.41) is 0. The van der Waals surface area contributed by atoms with Crippen molar-refractivity contribution in [1.29, 1.82) is 0 Å². The molecule has 11 heteroatoms. The molecule has 0 aliphatic heterocycles. The van der Waals surface area contributed by atoms with E-state index in [-0.39, 0.29) is 0 Å². The van der Waals surface area contributed by atoms with Crippen LogP contribution in [0, 0.1) is 0 Å². The van der Waals surface area contributed by atoms with Gasteiger partial charge in [-0.25, -0.2) is 8.78 Å². The lowest BCUT2D eigenvalue weighted by molar-refractivity contribution is -0.333. The largest absolute Gasteiger partial charge is 0.453 e. The van der Waals surface area contributed by atoms with Crippen LogP contribution in [0.15, 0.2) is 0 Å². The number of halogens is 11. The first-order valence-corrected chi connectivity index (χ1v) is 3.63. The minimum Gasteiger partial charge on any atom is -0.203 e. The Balaban J connectivity index is 5.14. The number of alkyl halides is 11. The highest BCUT2D eigenvalue weighted by Gasteiger charge is 2.70. The van der Waals surface area contributed by atoms with E-state index in [9.17, 15) is 48.3 Å². The Morgan fingerprint density at radius 1 is 0.647 bits per heavy atom. The second-order valence-corrected chi connectivity index (χ2v) is 3.01. The summed E-state index contributed by atoms with van der Waals surface area (Å²) in [5.41, 5.74) is 0. The van der Waals surface area contributed by atoms with Crippen LogP contribution in [0.5, 0.6) is 0 Å². The van der Waals surface area contributed by atoms with Crippen molar-refractivity contribution in [2.45, 2.75) is 36.8 Å². The van der Waals surface area contributed by atoms with Crippen molar-refractivity contribution in [1.82, 2.24) is 0 Å². The molecule has 0 saturated heterocycles. The molecule has 0 aliphatic rings. The molecular weight excluding hydrogens is 281 g/mol. The molecule has 0 unspecified atom stereocenters. The van der Waals surface area contributed by atoms with E-state index in [4.69, 9.17) is 0 Å². The third kappa shape index (κ3) is 3.12. The van der Waals surface area contributed by atoms with Gasteiger partial charge in [-0.15, -0.1) is 0 Å². The van der Waals surface area contributed by atoms with Gasteiger partial charge >= 0.3 is 30.4 Å². The fourth-order valence-corrected chi connectivity index (χ4v) is 0.657. The maximum absolute atomic E-state index is 12.3. The second kappa shape index (κ2) is 4.16. The van der Waals surface area contributed by atoms with Crippen molar-refractivity contribution in [2.24, 2.45) is 0 Å². The van der Waals surface area contributed by atoms with Crippen molar-refractivity contribution >= 4 is 0 Å². The van der Waals surface area contributed by atoms with Crippen LogP contribution < -0.4 is 0 Å². The lowest BCUT2D eigenvalue weighted by atomic mass is 10.0. The normalized spacial score (nSPS) is 15.5. The summed E-state index contributed by atoms with van der Waals surface area (Å²) in [5.74, 6) is -18.7. The molecule has 0 heterocycles. The molecule has 17 heavy (non-hydrogen) atoms. The summed E-state index contributed by atoms with van der Waals surface area (Å²) in [4.78, 5) is 0. The van der Waals surface area contributed by atoms with Gasteiger partial charge in [0.1, 0.15) is 0 Å². The molecule has 104 valence electrons. The van der Waals surface area contributed by atoms with Crippen molar-refractivity contribution < 1.29 is 48.3 Å². The van der Waals surface area contributed by atoms with Gasteiger partial charge in [0.05, 0.1) is 6.42 Å². The summed E-state index contributed by atoms with van der Waals surface area (Å²) in [6, 6.07) is 0. The van der Waals surface area contributed by atoms with E-state index in [1.807, 2.05) is 0 Å². The molecule has 0 saturated carbocycles. The van der Waals surface area contributed by atoms with Crippen LogP contribution in [0.1, 0.15) is 6.42 Å². The zero-order chi connectivity index (χ0) is 14.3. The molecule has 0 atom stereocenters.